The largest absolute Gasteiger partial charge is 0.497 e. The van der Waals surface area contributed by atoms with Gasteiger partial charge in [-0.15, -0.1) is 0 Å². The summed E-state index contributed by atoms with van der Waals surface area (Å²) in [6.45, 7) is 3.38. The van der Waals surface area contributed by atoms with Crippen LogP contribution in [0.1, 0.15) is 37.8 Å². The van der Waals surface area contributed by atoms with E-state index in [1.807, 2.05) is 36.1 Å². The molecule has 25 heavy (non-hydrogen) atoms. The molecule has 0 saturated carbocycles. The van der Waals surface area contributed by atoms with Gasteiger partial charge in [0, 0.05) is 37.8 Å². The normalized spacial score (nSPS) is 17.2. The van der Waals surface area contributed by atoms with Crippen molar-refractivity contribution >= 4 is 5.91 Å². The highest BCUT2D eigenvalue weighted by Crippen LogP contribution is 2.33. The van der Waals surface area contributed by atoms with Crippen LogP contribution in [0.3, 0.4) is 0 Å². The molecule has 2 aromatic rings. The molecule has 3 rings (SSSR count). The summed E-state index contributed by atoms with van der Waals surface area (Å²) in [5.41, 5.74) is 0.812. The number of methoxy groups -OCH3 is 1. The molecule has 0 spiro atoms. The number of nitrogens with zero attached hydrogens (tertiary/aromatic N) is 3. The van der Waals surface area contributed by atoms with Crippen molar-refractivity contribution in [2.24, 2.45) is 0 Å². The molecule has 0 unspecified atom stereocenters. The zero-order chi connectivity index (χ0) is 17.6. The lowest BCUT2D eigenvalue weighted by Crippen LogP contribution is -2.39. The summed E-state index contributed by atoms with van der Waals surface area (Å²) in [4.78, 5) is 22.8. The highest BCUT2D eigenvalue weighted by molar-refractivity contribution is 5.76. The SMILES string of the molecule is CCC(=O)N1CCC[C@H](c2nccnc2Oc2ccc(OC)cc2)C1. The van der Waals surface area contributed by atoms with Gasteiger partial charge in [-0.3, -0.25) is 9.78 Å². The fourth-order valence-electron chi connectivity index (χ4n) is 3.10. The van der Waals surface area contributed by atoms with Gasteiger partial charge in [0.25, 0.3) is 0 Å². The first-order valence-corrected chi connectivity index (χ1v) is 8.61. The molecule has 6 nitrogen and oxygen atoms in total. The van der Waals surface area contributed by atoms with Crippen LogP contribution >= 0.6 is 0 Å². The van der Waals surface area contributed by atoms with Gasteiger partial charge >= 0.3 is 0 Å². The maximum absolute atomic E-state index is 12.0. The molecule has 2 heterocycles. The average molecular weight is 341 g/mol. The fraction of sp³-hybridized carbons (Fsp3) is 0.421. The van der Waals surface area contributed by atoms with Crippen LogP contribution in [0, 0.1) is 0 Å². The van der Waals surface area contributed by atoms with Gasteiger partial charge < -0.3 is 14.4 Å². The number of hydrogen-bond acceptors (Lipinski definition) is 5. The number of hydrogen-bond donors (Lipinski definition) is 0. The highest BCUT2D eigenvalue weighted by atomic mass is 16.5. The third-order valence-corrected chi connectivity index (χ3v) is 4.43. The molecule has 0 radical (unpaired) electrons. The summed E-state index contributed by atoms with van der Waals surface area (Å²) in [5.74, 6) is 2.29. The first-order valence-electron chi connectivity index (χ1n) is 8.61. The molecule has 1 aliphatic rings. The van der Waals surface area contributed by atoms with Crippen LogP contribution in [0.15, 0.2) is 36.7 Å². The third-order valence-electron chi connectivity index (χ3n) is 4.43. The van der Waals surface area contributed by atoms with E-state index in [4.69, 9.17) is 9.47 Å². The number of piperidine rings is 1. The van der Waals surface area contributed by atoms with Crippen LogP contribution < -0.4 is 9.47 Å². The Hall–Kier alpha value is -2.63. The second-order valence-electron chi connectivity index (χ2n) is 6.06. The van der Waals surface area contributed by atoms with Crippen LogP contribution in [-0.4, -0.2) is 41.0 Å². The molecular weight excluding hydrogens is 318 g/mol. The van der Waals surface area contributed by atoms with E-state index in [2.05, 4.69) is 9.97 Å². The van der Waals surface area contributed by atoms with Crippen molar-refractivity contribution in [1.82, 2.24) is 14.9 Å². The van der Waals surface area contributed by atoms with E-state index >= 15 is 0 Å². The van der Waals surface area contributed by atoms with Gasteiger partial charge in [-0.2, -0.15) is 0 Å². The van der Waals surface area contributed by atoms with E-state index in [1.165, 1.54) is 0 Å². The minimum absolute atomic E-state index is 0.145. The zero-order valence-corrected chi connectivity index (χ0v) is 14.6. The molecule has 0 N–H and O–H groups in total. The van der Waals surface area contributed by atoms with Crippen LogP contribution in [-0.2, 0) is 4.79 Å². The van der Waals surface area contributed by atoms with Crippen LogP contribution in [0.2, 0.25) is 0 Å². The zero-order valence-electron chi connectivity index (χ0n) is 14.6. The molecule has 0 bridgehead atoms. The molecule has 0 aliphatic carbocycles. The Morgan fingerprint density at radius 2 is 1.92 bits per heavy atom. The third kappa shape index (κ3) is 4.07. The number of benzene rings is 1. The Morgan fingerprint density at radius 3 is 2.64 bits per heavy atom. The minimum Gasteiger partial charge on any atom is -0.497 e. The number of aromatic nitrogens is 2. The van der Waals surface area contributed by atoms with Crippen molar-refractivity contribution in [1.29, 1.82) is 0 Å². The summed E-state index contributed by atoms with van der Waals surface area (Å²) >= 11 is 0. The molecule has 1 aromatic carbocycles. The van der Waals surface area contributed by atoms with Crippen molar-refractivity contribution in [3.63, 3.8) is 0 Å². The van der Waals surface area contributed by atoms with Gasteiger partial charge in [-0.25, -0.2) is 4.98 Å². The van der Waals surface area contributed by atoms with E-state index < -0.39 is 0 Å². The van der Waals surface area contributed by atoms with Gasteiger partial charge in [-0.1, -0.05) is 6.92 Å². The number of carbonyl (C=O) groups excluding carboxylic acids is 1. The van der Waals surface area contributed by atoms with Gasteiger partial charge in [-0.05, 0) is 37.1 Å². The maximum Gasteiger partial charge on any atom is 0.241 e. The number of likely N-dealkylation sites (tertiary alicyclic amines) is 1. The average Bonchev–Trinajstić information content (AvgIpc) is 2.68. The molecule has 6 heteroatoms. The quantitative estimate of drug-likeness (QED) is 0.834. The van der Waals surface area contributed by atoms with Gasteiger partial charge in [0.05, 0.1) is 7.11 Å². The van der Waals surface area contributed by atoms with Crippen molar-refractivity contribution < 1.29 is 14.3 Å². The van der Waals surface area contributed by atoms with Crippen LogP contribution in [0.4, 0.5) is 0 Å². The first kappa shape index (κ1) is 17.2. The van der Waals surface area contributed by atoms with E-state index in [-0.39, 0.29) is 11.8 Å². The standard InChI is InChI=1S/C19H23N3O3/c1-3-17(23)22-12-4-5-14(13-22)18-19(21-11-10-20-18)25-16-8-6-15(24-2)7-9-16/h6-11,14H,3-5,12-13H2,1-2H3/t14-/m0/s1. The van der Waals surface area contributed by atoms with Gasteiger partial charge in [0.2, 0.25) is 11.8 Å². The highest BCUT2D eigenvalue weighted by Gasteiger charge is 2.27. The number of ether oxygens (including phenoxy) is 2. The number of rotatable bonds is 5. The molecule has 1 amide bonds. The van der Waals surface area contributed by atoms with Gasteiger partial charge in [0.1, 0.15) is 17.2 Å². The van der Waals surface area contributed by atoms with Crippen molar-refractivity contribution in [2.75, 3.05) is 20.2 Å². The lowest BCUT2D eigenvalue weighted by atomic mass is 9.94. The number of carbonyl (C=O) groups is 1. The monoisotopic (exact) mass is 341 g/mol. The van der Waals surface area contributed by atoms with Crippen molar-refractivity contribution in [3.8, 4) is 17.4 Å². The van der Waals surface area contributed by atoms with E-state index in [9.17, 15) is 4.79 Å². The summed E-state index contributed by atoms with van der Waals surface area (Å²) in [6.07, 6.45) is 5.78. The topological polar surface area (TPSA) is 64.6 Å². The summed E-state index contributed by atoms with van der Waals surface area (Å²) in [6, 6.07) is 7.36. The molecule has 1 aromatic heterocycles. The Kier molecular flexibility index (Phi) is 5.48. The minimum atomic E-state index is 0.145. The smallest absolute Gasteiger partial charge is 0.241 e. The lowest BCUT2D eigenvalue weighted by Gasteiger charge is -2.32. The van der Waals surface area contributed by atoms with Crippen LogP contribution in [0.5, 0.6) is 17.4 Å². The van der Waals surface area contributed by atoms with Crippen molar-refractivity contribution in [2.45, 2.75) is 32.1 Å². The second kappa shape index (κ2) is 7.96. The number of amides is 1. The Balaban J connectivity index is 1.79. The Bertz CT molecular complexity index is 718. The van der Waals surface area contributed by atoms with E-state index in [0.717, 1.165) is 30.8 Å². The van der Waals surface area contributed by atoms with Crippen molar-refractivity contribution in [3.05, 3.63) is 42.4 Å². The summed E-state index contributed by atoms with van der Waals surface area (Å²) in [7, 11) is 1.63. The second-order valence-corrected chi connectivity index (χ2v) is 6.06. The predicted octanol–water partition coefficient (Wildman–Crippen LogP) is 3.39. The predicted molar refractivity (Wildman–Crippen MR) is 93.9 cm³/mol. The lowest BCUT2D eigenvalue weighted by molar-refractivity contribution is -0.132. The van der Waals surface area contributed by atoms with E-state index in [1.54, 1.807) is 19.5 Å². The van der Waals surface area contributed by atoms with Gasteiger partial charge in [0.15, 0.2) is 0 Å². The summed E-state index contributed by atoms with van der Waals surface area (Å²) < 4.78 is 11.1. The fourth-order valence-corrected chi connectivity index (χ4v) is 3.10. The molecule has 1 atom stereocenters. The van der Waals surface area contributed by atoms with E-state index in [0.29, 0.717) is 24.6 Å². The van der Waals surface area contributed by atoms with Crippen LogP contribution in [0.25, 0.3) is 0 Å². The molecule has 1 aliphatic heterocycles. The molecule has 1 fully saturated rings. The molecule has 132 valence electrons. The molecule has 1 saturated heterocycles. The molecular formula is C19H23N3O3. The Morgan fingerprint density at radius 1 is 1.20 bits per heavy atom. The maximum atomic E-state index is 12.0. The summed E-state index contributed by atoms with van der Waals surface area (Å²) in [5, 5.41) is 0. The first-order chi connectivity index (χ1) is 12.2. The Labute approximate surface area is 147 Å².